The first-order chi connectivity index (χ1) is 15.2. The quantitative estimate of drug-likeness (QED) is 0.520. The first kappa shape index (κ1) is 23.5. The average molecular weight is 441 g/mol. The molecule has 2 atom stereocenters. The van der Waals surface area contributed by atoms with Crippen LogP contribution in [0.1, 0.15) is 46.6 Å². The van der Waals surface area contributed by atoms with Crippen LogP contribution in [0, 0.1) is 6.92 Å². The molecular formula is C25H26F3N3O. The highest BCUT2D eigenvalue weighted by molar-refractivity contribution is 5.81. The van der Waals surface area contributed by atoms with Crippen molar-refractivity contribution in [1.29, 1.82) is 0 Å². The Morgan fingerprint density at radius 3 is 2.22 bits per heavy atom. The molecule has 2 aromatic carbocycles. The van der Waals surface area contributed by atoms with Crippen molar-refractivity contribution in [3.8, 4) is 0 Å². The third-order valence-electron chi connectivity index (χ3n) is 5.52. The van der Waals surface area contributed by atoms with Crippen LogP contribution in [0.25, 0.3) is 0 Å². The van der Waals surface area contributed by atoms with Crippen LogP contribution < -0.4 is 5.73 Å². The molecule has 168 valence electrons. The van der Waals surface area contributed by atoms with E-state index in [0.29, 0.717) is 12.8 Å². The molecule has 0 spiro atoms. The Bertz CT molecular complexity index is 1040. The normalized spacial score (nSPS) is 13.7. The van der Waals surface area contributed by atoms with Crippen molar-refractivity contribution in [2.45, 2.75) is 38.0 Å². The maximum Gasteiger partial charge on any atom is 0.416 e. The highest BCUT2D eigenvalue weighted by Crippen LogP contribution is 2.33. The molecule has 0 aliphatic carbocycles. The van der Waals surface area contributed by atoms with Crippen LogP contribution in [0.5, 0.6) is 0 Å². The Balaban J connectivity index is 1.89. The summed E-state index contributed by atoms with van der Waals surface area (Å²) in [5.74, 6) is -0.481. The third kappa shape index (κ3) is 5.73. The standard InChI is InChI=1S/C25H26F3N3O/c1-17-7-6-10-21(30-17)22(16-13-18-11-14-20(15-12-18)25(26,27)28)31(2)23(24(29)32)19-8-4-3-5-9-19/h3-12,14-15,22-23H,13,16H2,1-2H3,(H2,29,32). The van der Waals surface area contributed by atoms with E-state index < -0.39 is 23.7 Å². The van der Waals surface area contributed by atoms with Crippen molar-refractivity contribution in [3.05, 3.63) is 101 Å². The zero-order valence-electron chi connectivity index (χ0n) is 18.0. The van der Waals surface area contributed by atoms with Gasteiger partial charge in [0.15, 0.2) is 0 Å². The number of aromatic nitrogens is 1. The van der Waals surface area contributed by atoms with Crippen LogP contribution in [0.15, 0.2) is 72.8 Å². The van der Waals surface area contributed by atoms with Crippen molar-refractivity contribution in [2.75, 3.05) is 7.05 Å². The van der Waals surface area contributed by atoms with Gasteiger partial charge in [-0.05, 0) is 62.2 Å². The number of carbonyl (C=O) groups is 1. The topological polar surface area (TPSA) is 59.2 Å². The predicted molar refractivity (Wildman–Crippen MR) is 118 cm³/mol. The number of nitrogens with two attached hydrogens (primary N) is 1. The second kappa shape index (κ2) is 9.96. The molecule has 32 heavy (non-hydrogen) atoms. The first-order valence-corrected chi connectivity index (χ1v) is 10.3. The fourth-order valence-corrected chi connectivity index (χ4v) is 3.89. The molecule has 4 nitrogen and oxygen atoms in total. The Hall–Kier alpha value is -3.19. The summed E-state index contributed by atoms with van der Waals surface area (Å²) in [5.41, 5.74) is 8.27. The van der Waals surface area contributed by atoms with E-state index in [1.165, 1.54) is 12.1 Å². The number of hydrogen-bond donors (Lipinski definition) is 1. The summed E-state index contributed by atoms with van der Waals surface area (Å²) in [6, 6.07) is 19.2. The van der Waals surface area contributed by atoms with Gasteiger partial charge >= 0.3 is 6.18 Å². The molecule has 7 heteroatoms. The van der Waals surface area contributed by atoms with Crippen LogP contribution in [-0.2, 0) is 17.4 Å². The summed E-state index contributed by atoms with van der Waals surface area (Å²) in [4.78, 5) is 18.9. The van der Waals surface area contributed by atoms with Gasteiger partial charge in [0.05, 0.1) is 17.3 Å². The lowest BCUT2D eigenvalue weighted by molar-refractivity contribution is -0.137. The van der Waals surface area contributed by atoms with Crippen LogP contribution in [-0.4, -0.2) is 22.8 Å². The summed E-state index contributed by atoms with van der Waals surface area (Å²) in [7, 11) is 1.82. The summed E-state index contributed by atoms with van der Waals surface area (Å²) >= 11 is 0. The van der Waals surface area contributed by atoms with E-state index in [2.05, 4.69) is 4.98 Å². The number of amides is 1. The smallest absolute Gasteiger partial charge is 0.368 e. The maximum atomic E-state index is 12.9. The zero-order chi connectivity index (χ0) is 23.3. The zero-order valence-corrected chi connectivity index (χ0v) is 18.0. The number of aryl methyl sites for hydroxylation is 2. The van der Waals surface area contributed by atoms with Gasteiger partial charge in [-0.15, -0.1) is 0 Å². The second-order valence-corrected chi connectivity index (χ2v) is 7.83. The molecule has 0 radical (unpaired) electrons. The van der Waals surface area contributed by atoms with Crippen molar-refractivity contribution in [1.82, 2.24) is 9.88 Å². The molecular weight excluding hydrogens is 415 g/mol. The Morgan fingerprint density at radius 1 is 1.00 bits per heavy atom. The van der Waals surface area contributed by atoms with E-state index in [1.54, 1.807) is 0 Å². The van der Waals surface area contributed by atoms with Crippen LogP contribution in [0.3, 0.4) is 0 Å². The summed E-state index contributed by atoms with van der Waals surface area (Å²) in [5, 5.41) is 0. The van der Waals surface area contributed by atoms with Crippen LogP contribution in [0.4, 0.5) is 13.2 Å². The van der Waals surface area contributed by atoms with E-state index in [1.807, 2.05) is 67.4 Å². The summed E-state index contributed by atoms with van der Waals surface area (Å²) < 4.78 is 38.6. The van der Waals surface area contributed by atoms with Gasteiger partial charge in [-0.25, -0.2) is 0 Å². The fourth-order valence-electron chi connectivity index (χ4n) is 3.89. The number of primary amides is 1. The Kier molecular flexibility index (Phi) is 7.30. The molecule has 0 aliphatic heterocycles. The van der Waals surface area contributed by atoms with Gasteiger partial charge in [0.25, 0.3) is 0 Å². The SMILES string of the molecule is Cc1cccc(C(CCc2ccc(C(F)(F)F)cc2)N(C)C(C(N)=O)c2ccccc2)n1. The molecule has 3 rings (SSSR count). The van der Waals surface area contributed by atoms with Crippen LogP contribution in [0.2, 0.25) is 0 Å². The lowest BCUT2D eigenvalue weighted by Gasteiger charge is -2.33. The predicted octanol–water partition coefficient (Wildman–Crippen LogP) is 5.24. The number of benzene rings is 2. The molecule has 0 aliphatic rings. The molecule has 1 aromatic heterocycles. The average Bonchev–Trinajstić information content (AvgIpc) is 2.74. The number of alkyl halides is 3. The van der Waals surface area contributed by atoms with Crippen molar-refractivity contribution in [3.63, 3.8) is 0 Å². The highest BCUT2D eigenvalue weighted by atomic mass is 19.4. The molecule has 1 amide bonds. The van der Waals surface area contributed by atoms with Gasteiger partial charge < -0.3 is 5.73 Å². The minimum Gasteiger partial charge on any atom is -0.368 e. The van der Waals surface area contributed by atoms with Gasteiger partial charge in [0.2, 0.25) is 5.91 Å². The fraction of sp³-hybridized carbons (Fsp3) is 0.280. The largest absolute Gasteiger partial charge is 0.416 e. The Morgan fingerprint density at radius 2 is 1.66 bits per heavy atom. The number of hydrogen-bond acceptors (Lipinski definition) is 3. The molecule has 0 bridgehead atoms. The minimum absolute atomic E-state index is 0.269. The monoisotopic (exact) mass is 441 g/mol. The lowest BCUT2D eigenvalue weighted by atomic mass is 9.96. The first-order valence-electron chi connectivity index (χ1n) is 10.3. The van der Waals surface area contributed by atoms with E-state index in [0.717, 1.165) is 34.6 Å². The number of likely N-dealkylation sites (N-methyl/N-ethyl adjacent to an activating group) is 1. The van der Waals surface area contributed by atoms with Crippen molar-refractivity contribution in [2.24, 2.45) is 5.73 Å². The maximum absolute atomic E-state index is 12.9. The molecule has 1 heterocycles. The number of rotatable bonds is 8. The molecule has 0 fully saturated rings. The van der Waals surface area contributed by atoms with Crippen LogP contribution >= 0.6 is 0 Å². The second-order valence-electron chi connectivity index (χ2n) is 7.83. The van der Waals surface area contributed by atoms with Gasteiger partial charge in [-0.1, -0.05) is 48.5 Å². The molecule has 3 aromatic rings. The van der Waals surface area contributed by atoms with Crippen molar-refractivity contribution < 1.29 is 18.0 Å². The molecule has 2 unspecified atom stereocenters. The summed E-state index contributed by atoms with van der Waals surface area (Å²) in [6.07, 6.45) is -3.30. The third-order valence-corrected chi connectivity index (χ3v) is 5.52. The van der Waals surface area contributed by atoms with Gasteiger partial charge in [-0.2, -0.15) is 13.2 Å². The number of nitrogens with zero attached hydrogens (tertiary/aromatic N) is 2. The Labute approximate surface area is 185 Å². The number of halogens is 3. The van der Waals surface area contributed by atoms with Gasteiger partial charge in [0.1, 0.15) is 6.04 Å². The van der Waals surface area contributed by atoms with E-state index in [4.69, 9.17) is 5.73 Å². The van der Waals surface area contributed by atoms with Gasteiger partial charge in [-0.3, -0.25) is 14.7 Å². The molecule has 0 saturated heterocycles. The number of carbonyl (C=O) groups excluding carboxylic acids is 1. The van der Waals surface area contributed by atoms with E-state index in [-0.39, 0.29) is 6.04 Å². The van der Waals surface area contributed by atoms with Crippen molar-refractivity contribution >= 4 is 5.91 Å². The van der Waals surface area contributed by atoms with E-state index in [9.17, 15) is 18.0 Å². The minimum atomic E-state index is -4.36. The van der Waals surface area contributed by atoms with E-state index >= 15 is 0 Å². The summed E-state index contributed by atoms with van der Waals surface area (Å²) in [6.45, 7) is 1.89. The van der Waals surface area contributed by atoms with Gasteiger partial charge in [0, 0.05) is 5.69 Å². The number of pyridine rings is 1. The highest BCUT2D eigenvalue weighted by Gasteiger charge is 2.31. The molecule has 0 saturated carbocycles. The molecule has 2 N–H and O–H groups in total. The lowest BCUT2D eigenvalue weighted by Crippen LogP contribution is -2.38.